The zero-order valence-corrected chi connectivity index (χ0v) is 30.9. The molecule has 0 saturated heterocycles. The molecule has 1 aromatic carbocycles. The Kier molecular flexibility index (Phi) is 12.1. The van der Waals surface area contributed by atoms with E-state index in [0.717, 1.165) is 25.6 Å². The molecule has 0 atom stereocenters. The Morgan fingerprint density at radius 3 is 1.67 bits per heavy atom. The number of hydrogen-bond donors (Lipinski definition) is 0. The average Bonchev–Trinajstić information content (AvgIpc) is 2.94. The van der Waals surface area contributed by atoms with E-state index in [1.165, 1.54) is 23.5 Å². The third-order valence-corrected chi connectivity index (χ3v) is 19.3. The fourth-order valence-corrected chi connectivity index (χ4v) is 20.3. The summed E-state index contributed by atoms with van der Waals surface area (Å²) in [7, 11) is -9.34. The van der Waals surface area contributed by atoms with Gasteiger partial charge in [-0.05, 0) is 83.9 Å². The van der Waals surface area contributed by atoms with Crippen LogP contribution in [0.25, 0.3) is 11.0 Å². The topological polar surface area (TPSA) is 36.5 Å². The molecule has 2 aromatic rings. The highest BCUT2D eigenvalue weighted by molar-refractivity contribution is 6.90. The summed E-state index contributed by atoms with van der Waals surface area (Å²) in [4.78, 5) is 0. The number of hydrogen-bond acceptors (Lipinski definition) is 3. The van der Waals surface area contributed by atoms with E-state index in [4.69, 9.17) is 12.3 Å². The van der Waals surface area contributed by atoms with Crippen LogP contribution in [0, 0.1) is 0 Å². The molecule has 11 heteroatoms. The highest BCUT2D eigenvalue weighted by Crippen LogP contribution is 2.30. The molecule has 0 aliphatic rings. The van der Waals surface area contributed by atoms with E-state index in [1.54, 1.807) is 0 Å². The summed E-state index contributed by atoms with van der Waals surface area (Å²) in [6, 6.07) is 11.1. The molecule has 0 saturated carbocycles. The maximum Gasteiger partial charge on any atom is 0.469 e. The Morgan fingerprint density at radius 2 is 1.19 bits per heavy atom. The lowest BCUT2D eigenvalue weighted by Crippen LogP contribution is -3.00. The molecule has 0 fully saturated rings. The lowest BCUT2D eigenvalue weighted by atomic mass is 10.3. The van der Waals surface area contributed by atoms with Crippen LogP contribution in [-0.4, -0.2) is 46.4 Å². The number of imidazole rings is 1. The van der Waals surface area contributed by atoms with Crippen molar-refractivity contribution in [3.63, 3.8) is 0 Å². The molecule has 36 heavy (non-hydrogen) atoms. The third kappa shape index (κ3) is 12.2. The Bertz CT molecular complexity index is 919. The standard InChI is InChI=1S/C25H53N2O3Si5.ClH/c1-31(2,3)21-15-19-26-23-27(25-18-14-13-17-24(25)26)20-16-22-35(28-32(4,5)6,29-33(7,8)9)30-34(10,11)12;/h13-14,17-18,23H,15-16,19-22H2,1-12H3;1H/q+1;/p-1. The molecule has 0 unspecified atom stereocenters. The number of para-hydroxylation sites is 2. The predicted octanol–water partition coefficient (Wildman–Crippen LogP) is 4.54. The summed E-state index contributed by atoms with van der Waals surface area (Å²) in [5.74, 6) is 0. The first-order valence-electron chi connectivity index (χ1n) is 13.4. The number of benzene rings is 1. The quantitative estimate of drug-likeness (QED) is 0.235. The van der Waals surface area contributed by atoms with Gasteiger partial charge in [0.05, 0.1) is 13.1 Å². The van der Waals surface area contributed by atoms with Gasteiger partial charge in [0.2, 0.25) is 6.33 Å². The number of rotatable bonds is 14. The van der Waals surface area contributed by atoms with Gasteiger partial charge in [0.1, 0.15) is 0 Å². The van der Waals surface area contributed by atoms with Crippen molar-refractivity contribution in [2.24, 2.45) is 0 Å². The van der Waals surface area contributed by atoms with Crippen molar-refractivity contribution in [2.45, 2.75) is 117 Å². The maximum atomic E-state index is 6.89. The van der Waals surface area contributed by atoms with Crippen molar-refractivity contribution in [1.82, 2.24) is 4.57 Å². The zero-order valence-electron chi connectivity index (χ0n) is 25.1. The number of aromatic nitrogens is 2. The fourth-order valence-electron chi connectivity index (χ4n) is 4.46. The number of nitrogens with zero attached hydrogens (tertiary/aromatic N) is 2. The second kappa shape index (κ2) is 12.9. The molecule has 1 heterocycles. The van der Waals surface area contributed by atoms with Crippen LogP contribution in [0.15, 0.2) is 30.6 Å². The minimum atomic E-state index is -2.79. The van der Waals surface area contributed by atoms with Crippen LogP contribution in [-0.2, 0) is 25.4 Å². The maximum absolute atomic E-state index is 6.89. The second-order valence-electron chi connectivity index (χ2n) is 14.1. The van der Waals surface area contributed by atoms with Crippen molar-refractivity contribution in [3.8, 4) is 0 Å². The van der Waals surface area contributed by atoms with Crippen LogP contribution in [0.4, 0.5) is 0 Å². The molecule has 0 radical (unpaired) electrons. The SMILES string of the molecule is C[Si](C)(C)CCC[n+]1cn(CCC[Si](O[Si](C)(C)C)(O[Si](C)(C)C)O[Si](C)(C)C)c2ccccc21.[Cl-]. The van der Waals surface area contributed by atoms with E-state index in [1.807, 2.05) is 0 Å². The first-order chi connectivity index (χ1) is 15.8. The van der Waals surface area contributed by atoms with Gasteiger partial charge >= 0.3 is 8.80 Å². The summed E-state index contributed by atoms with van der Waals surface area (Å²) in [5.41, 5.74) is 2.65. The molecule has 2 rings (SSSR count). The highest BCUT2D eigenvalue weighted by Gasteiger charge is 2.49. The van der Waals surface area contributed by atoms with Crippen LogP contribution < -0.4 is 17.0 Å². The van der Waals surface area contributed by atoms with Gasteiger partial charge in [-0.15, -0.1) is 0 Å². The average molecular weight is 606 g/mol. The van der Waals surface area contributed by atoms with E-state index in [2.05, 4.69) is 118 Å². The smallest absolute Gasteiger partial charge is 0.469 e. The first-order valence-corrected chi connectivity index (χ1v) is 29.2. The first kappa shape index (κ1) is 34.0. The molecule has 0 N–H and O–H groups in total. The van der Waals surface area contributed by atoms with Gasteiger partial charge in [-0.3, -0.25) is 0 Å². The second-order valence-corrected chi connectivity index (χ2v) is 36.7. The minimum Gasteiger partial charge on any atom is -1.00 e. The van der Waals surface area contributed by atoms with Crippen molar-refractivity contribution >= 4 is 52.9 Å². The normalized spacial score (nSPS) is 13.8. The van der Waals surface area contributed by atoms with Gasteiger partial charge in [-0.25, -0.2) is 9.13 Å². The fraction of sp³-hybridized carbons (Fsp3) is 0.720. The lowest BCUT2D eigenvalue weighted by Gasteiger charge is -2.42. The van der Waals surface area contributed by atoms with Crippen molar-refractivity contribution < 1.29 is 29.3 Å². The largest absolute Gasteiger partial charge is 1.00 e. The zero-order chi connectivity index (χ0) is 26.7. The Labute approximate surface area is 233 Å². The highest BCUT2D eigenvalue weighted by atomic mass is 35.5. The van der Waals surface area contributed by atoms with E-state index in [-0.39, 0.29) is 12.4 Å². The van der Waals surface area contributed by atoms with E-state index in [0.29, 0.717) is 0 Å². The monoisotopic (exact) mass is 604 g/mol. The number of halogens is 1. The predicted molar refractivity (Wildman–Crippen MR) is 163 cm³/mol. The lowest BCUT2D eigenvalue weighted by molar-refractivity contribution is -0.672. The van der Waals surface area contributed by atoms with E-state index >= 15 is 0 Å². The van der Waals surface area contributed by atoms with Crippen molar-refractivity contribution in [1.29, 1.82) is 0 Å². The Morgan fingerprint density at radius 1 is 0.694 bits per heavy atom. The van der Waals surface area contributed by atoms with Gasteiger partial charge in [-0.2, -0.15) is 0 Å². The van der Waals surface area contributed by atoms with Gasteiger partial charge in [0.25, 0.3) is 0 Å². The molecule has 0 spiro atoms. The van der Waals surface area contributed by atoms with Crippen LogP contribution in [0.1, 0.15) is 12.8 Å². The van der Waals surface area contributed by atoms with Crippen molar-refractivity contribution in [2.75, 3.05) is 0 Å². The van der Waals surface area contributed by atoms with Gasteiger partial charge in [0.15, 0.2) is 36.0 Å². The minimum absolute atomic E-state index is 0. The third-order valence-electron chi connectivity index (χ3n) is 5.37. The van der Waals surface area contributed by atoms with Crippen LogP contribution in [0.2, 0.25) is 90.7 Å². The number of fused-ring (bicyclic) bond motifs is 1. The van der Waals surface area contributed by atoms with Crippen LogP contribution in [0.5, 0.6) is 0 Å². The Hall–Kier alpha value is -0.0556. The summed E-state index contributed by atoms with van der Waals surface area (Å²) in [5, 5.41) is 0. The molecular formula is C25H53ClN2O3Si5. The molecule has 0 bridgehead atoms. The summed E-state index contributed by atoms with van der Waals surface area (Å²) in [6.45, 7) is 29.8. The van der Waals surface area contributed by atoms with Crippen molar-refractivity contribution in [3.05, 3.63) is 30.6 Å². The number of aryl methyl sites for hydroxylation is 2. The van der Waals surface area contributed by atoms with E-state index < -0.39 is 41.8 Å². The molecule has 1 aromatic heterocycles. The summed E-state index contributed by atoms with van der Waals surface area (Å²) in [6.07, 6.45) is 4.58. The molecule has 5 nitrogen and oxygen atoms in total. The van der Waals surface area contributed by atoms with E-state index in [9.17, 15) is 0 Å². The molecular weight excluding hydrogens is 552 g/mol. The van der Waals surface area contributed by atoms with Gasteiger partial charge in [0, 0.05) is 14.1 Å². The van der Waals surface area contributed by atoms with Crippen LogP contribution in [0.3, 0.4) is 0 Å². The van der Waals surface area contributed by atoms with Crippen LogP contribution >= 0.6 is 0 Å². The molecule has 0 amide bonds. The summed E-state index contributed by atoms with van der Waals surface area (Å²) >= 11 is 0. The Balaban J connectivity index is 0.00000648. The molecule has 208 valence electrons. The van der Waals surface area contributed by atoms with Gasteiger partial charge in [-0.1, -0.05) is 37.8 Å². The van der Waals surface area contributed by atoms with Gasteiger partial charge < -0.3 is 24.8 Å². The molecule has 0 aliphatic carbocycles. The molecule has 0 aliphatic heterocycles. The summed E-state index contributed by atoms with van der Waals surface area (Å²) < 4.78 is 25.5.